The predicted molar refractivity (Wildman–Crippen MR) is 80.4 cm³/mol. The van der Waals surface area contributed by atoms with Crippen LogP contribution in [0, 0.1) is 0 Å². The minimum absolute atomic E-state index is 0.0604. The largest absolute Gasteiger partial charge is 0.366 e. The fourth-order valence-corrected chi connectivity index (χ4v) is 2.78. The summed E-state index contributed by atoms with van der Waals surface area (Å²) in [5.74, 6) is 0. The van der Waals surface area contributed by atoms with Gasteiger partial charge in [-0.3, -0.25) is 4.98 Å². The maximum absolute atomic E-state index is 6.01. The van der Waals surface area contributed by atoms with Gasteiger partial charge in [0.2, 0.25) is 0 Å². The van der Waals surface area contributed by atoms with Crippen LogP contribution in [0.4, 0.5) is 5.69 Å². The third-order valence-corrected chi connectivity index (χ3v) is 3.88. The molecule has 4 nitrogen and oxygen atoms in total. The molecule has 0 aromatic carbocycles. The van der Waals surface area contributed by atoms with Crippen molar-refractivity contribution in [1.82, 2.24) is 9.88 Å². The molecule has 106 valence electrons. The van der Waals surface area contributed by atoms with Crippen molar-refractivity contribution in [3.8, 4) is 0 Å². The highest BCUT2D eigenvalue weighted by molar-refractivity contribution is 5.47. The Kier molecular flexibility index (Phi) is 4.77. The van der Waals surface area contributed by atoms with Crippen molar-refractivity contribution in [2.45, 2.75) is 38.3 Å². The zero-order valence-electron chi connectivity index (χ0n) is 12.3. The van der Waals surface area contributed by atoms with Crippen molar-refractivity contribution in [3.05, 3.63) is 24.0 Å². The van der Waals surface area contributed by atoms with E-state index in [1.807, 2.05) is 6.20 Å². The van der Waals surface area contributed by atoms with Gasteiger partial charge in [-0.1, -0.05) is 6.92 Å². The summed E-state index contributed by atoms with van der Waals surface area (Å²) in [6.07, 6.45) is 5.46. The highest BCUT2D eigenvalue weighted by Crippen LogP contribution is 2.26. The van der Waals surface area contributed by atoms with Gasteiger partial charge < -0.3 is 15.5 Å². The molecular weight excluding hydrogens is 236 g/mol. The van der Waals surface area contributed by atoms with E-state index >= 15 is 0 Å². The van der Waals surface area contributed by atoms with Crippen molar-refractivity contribution in [3.63, 3.8) is 0 Å². The first-order valence-corrected chi connectivity index (χ1v) is 7.24. The molecule has 2 N–H and O–H groups in total. The Balaban J connectivity index is 2.08. The Bertz CT molecular complexity index is 388. The Morgan fingerprint density at radius 2 is 2.26 bits per heavy atom. The standard InChI is InChI=1S/C15H26N4/c1-4-14(16)15-8-7-12(10-17-15)19-9-5-6-13(19)11-18(2)3/h7-8,10,13-14H,4-6,9,11,16H2,1-3H3/t13?,14-/m1/s1. The molecule has 1 aliphatic heterocycles. The number of hydrogen-bond donors (Lipinski definition) is 1. The van der Waals surface area contributed by atoms with Gasteiger partial charge in [-0.25, -0.2) is 0 Å². The fourth-order valence-electron chi connectivity index (χ4n) is 2.78. The van der Waals surface area contributed by atoms with E-state index in [0.29, 0.717) is 6.04 Å². The summed E-state index contributed by atoms with van der Waals surface area (Å²) in [6, 6.07) is 4.92. The summed E-state index contributed by atoms with van der Waals surface area (Å²) >= 11 is 0. The molecule has 2 atom stereocenters. The summed E-state index contributed by atoms with van der Waals surface area (Å²) in [4.78, 5) is 9.27. The average Bonchev–Trinajstić information content (AvgIpc) is 2.85. The number of likely N-dealkylation sites (N-methyl/N-ethyl adjacent to an activating group) is 1. The Morgan fingerprint density at radius 1 is 1.47 bits per heavy atom. The molecule has 1 aromatic heterocycles. The molecule has 1 unspecified atom stereocenters. The van der Waals surface area contributed by atoms with Gasteiger partial charge in [0.1, 0.15) is 0 Å². The van der Waals surface area contributed by atoms with Gasteiger partial charge in [0.25, 0.3) is 0 Å². The Morgan fingerprint density at radius 3 is 2.84 bits per heavy atom. The number of aromatic nitrogens is 1. The SMILES string of the molecule is CC[C@@H](N)c1ccc(N2CCCC2CN(C)C)cn1. The molecule has 2 heterocycles. The lowest BCUT2D eigenvalue weighted by Crippen LogP contribution is -2.37. The molecule has 1 aromatic rings. The average molecular weight is 262 g/mol. The summed E-state index contributed by atoms with van der Waals surface area (Å²) in [6.45, 7) is 4.34. The van der Waals surface area contributed by atoms with Gasteiger partial charge in [0.15, 0.2) is 0 Å². The molecule has 1 fully saturated rings. The molecule has 1 aliphatic rings. The third-order valence-electron chi connectivity index (χ3n) is 3.88. The van der Waals surface area contributed by atoms with Crippen LogP contribution in [0.15, 0.2) is 18.3 Å². The van der Waals surface area contributed by atoms with Crippen molar-refractivity contribution in [2.75, 3.05) is 32.1 Å². The topological polar surface area (TPSA) is 45.4 Å². The molecular formula is C15H26N4. The molecule has 0 radical (unpaired) electrons. The second-order valence-electron chi connectivity index (χ2n) is 5.71. The minimum Gasteiger partial charge on any atom is -0.366 e. The first-order valence-electron chi connectivity index (χ1n) is 7.24. The molecule has 4 heteroatoms. The van der Waals surface area contributed by atoms with Crippen LogP contribution in [0.1, 0.15) is 37.9 Å². The van der Waals surface area contributed by atoms with Crippen molar-refractivity contribution in [2.24, 2.45) is 5.73 Å². The van der Waals surface area contributed by atoms with Crippen LogP contribution in [0.25, 0.3) is 0 Å². The van der Waals surface area contributed by atoms with Gasteiger partial charge >= 0.3 is 0 Å². The number of hydrogen-bond acceptors (Lipinski definition) is 4. The fraction of sp³-hybridized carbons (Fsp3) is 0.667. The molecule has 1 saturated heterocycles. The zero-order chi connectivity index (χ0) is 13.8. The summed E-state index contributed by atoms with van der Waals surface area (Å²) < 4.78 is 0. The normalized spacial score (nSPS) is 21.1. The van der Waals surface area contributed by atoms with Crippen LogP contribution in [-0.4, -0.2) is 43.1 Å². The molecule has 19 heavy (non-hydrogen) atoms. The van der Waals surface area contributed by atoms with Crippen LogP contribution >= 0.6 is 0 Å². The molecule has 0 bridgehead atoms. The van der Waals surface area contributed by atoms with Gasteiger partial charge in [0.05, 0.1) is 17.6 Å². The van der Waals surface area contributed by atoms with Crippen molar-refractivity contribution in [1.29, 1.82) is 0 Å². The number of pyridine rings is 1. The van der Waals surface area contributed by atoms with Crippen LogP contribution in [-0.2, 0) is 0 Å². The second kappa shape index (κ2) is 6.35. The highest BCUT2D eigenvalue weighted by atomic mass is 15.2. The smallest absolute Gasteiger partial charge is 0.0572 e. The van der Waals surface area contributed by atoms with Crippen molar-refractivity contribution >= 4 is 5.69 Å². The third kappa shape index (κ3) is 3.45. The second-order valence-corrected chi connectivity index (χ2v) is 5.71. The van der Waals surface area contributed by atoms with E-state index in [1.54, 1.807) is 0 Å². The summed E-state index contributed by atoms with van der Waals surface area (Å²) in [5.41, 5.74) is 8.24. The van der Waals surface area contributed by atoms with Gasteiger partial charge in [-0.2, -0.15) is 0 Å². The van der Waals surface area contributed by atoms with E-state index in [0.717, 1.165) is 25.2 Å². The summed E-state index contributed by atoms with van der Waals surface area (Å²) in [7, 11) is 4.27. The van der Waals surface area contributed by atoms with E-state index < -0.39 is 0 Å². The maximum atomic E-state index is 6.01. The van der Waals surface area contributed by atoms with Gasteiger partial charge in [-0.05, 0) is 45.5 Å². The lowest BCUT2D eigenvalue weighted by Gasteiger charge is -2.29. The first-order chi connectivity index (χ1) is 9.11. The van der Waals surface area contributed by atoms with Crippen LogP contribution in [0.3, 0.4) is 0 Å². The Hall–Kier alpha value is -1.13. The molecule has 2 rings (SSSR count). The first kappa shape index (κ1) is 14.3. The highest BCUT2D eigenvalue weighted by Gasteiger charge is 2.25. The molecule has 0 saturated carbocycles. The molecule has 0 amide bonds. The quantitative estimate of drug-likeness (QED) is 0.882. The van der Waals surface area contributed by atoms with Gasteiger partial charge in [-0.15, -0.1) is 0 Å². The number of rotatable bonds is 5. The molecule has 0 aliphatic carbocycles. The Labute approximate surface area is 116 Å². The zero-order valence-corrected chi connectivity index (χ0v) is 12.3. The van der Waals surface area contributed by atoms with E-state index in [4.69, 9.17) is 5.73 Å². The lowest BCUT2D eigenvalue weighted by atomic mass is 10.1. The van der Waals surface area contributed by atoms with Crippen molar-refractivity contribution < 1.29 is 0 Å². The van der Waals surface area contributed by atoms with E-state index in [2.05, 4.69) is 47.9 Å². The molecule has 0 spiro atoms. The monoisotopic (exact) mass is 262 g/mol. The number of nitrogens with two attached hydrogens (primary N) is 1. The predicted octanol–water partition coefficient (Wildman–Crippen LogP) is 2.02. The number of nitrogens with zero attached hydrogens (tertiary/aromatic N) is 3. The van der Waals surface area contributed by atoms with E-state index in [1.165, 1.54) is 18.5 Å². The minimum atomic E-state index is 0.0604. The summed E-state index contributed by atoms with van der Waals surface area (Å²) in [5, 5.41) is 0. The van der Waals surface area contributed by atoms with E-state index in [-0.39, 0.29) is 6.04 Å². The van der Waals surface area contributed by atoms with Crippen LogP contribution in [0.2, 0.25) is 0 Å². The lowest BCUT2D eigenvalue weighted by molar-refractivity contribution is 0.372. The van der Waals surface area contributed by atoms with Crippen LogP contribution in [0.5, 0.6) is 0 Å². The van der Waals surface area contributed by atoms with Crippen LogP contribution < -0.4 is 10.6 Å². The number of anilines is 1. The van der Waals surface area contributed by atoms with E-state index in [9.17, 15) is 0 Å². The van der Waals surface area contributed by atoms with Gasteiger partial charge in [0, 0.05) is 25.2 Å². The maximum Gasteiger partial charge on any atom is 0.0572 e.